The van der Waals surface area contributed by atoms with Gasteiger partial charge in [0.25, 0.3) is 0 Å². The van der Waals surface area contributed by atoms with E-state index < -0.39 is 11.8 Å². The smallest absolute Gasteiger partial charge is 0.236 e. The zero-order chi connectivity index (χ0) is 13.7. The summed E-state index contributed by atoms with van der Waals surface area (Å²) in [5.41, 5.74) is 10.8. The third kappa shape index (κ3) is 3.64. The zero-order valence-electron chi connectivity index (χ0n) is 9.39. The van der Waals surface area contributed by atoms with Gasteiger partial charge in [0.15, 0.2) is 0 Å². The van der Waals surface area contributed by atoms with E-state index in [1.807, 2.05) is 6.07 Å². The summed E-state index contributed by atoms with van der Waals surface area (Å²) in [6.07, 6.45) is 0. The second-order valence-corrected chi connectivity index (χ2v) is 4.00. The predicted octanol–water partition coefficient (Wildman–Crippen LogP) is -0.0113. The van der Waals surface area contributed by atoms with Crippen LogP contribution in [0.2, 0.25) is 5.02 Å². The summed E-state index contributed by atoms with van der Waals surface area (Å²) in [5.74, 6) is -1.26. The Morgan fingerprint density at radius 2 is 1.83 bits per heavy atom. The molecular weight excluding hydrogens is 256 g/mol. The first-order valence-electron chi connectivity index (χ1n) is 4.95. The molecule has 0 radical (unpaired) electrons. The molecule has 0 spiro atoms. The second kappa shape index (κ2) is 5.89. The van der Waals surface area contributed by atoms with Gasteiger partial charge in [-0.05, 0) is 18.2 Å². The Morgan fingerprint density at radius 1 is 1.28 bits per heavy atom. The molecule has 0 aromatic heterocycles. The van der Waals surface area contributed by atoms with Crippen molar-refractivity contribution in [3.63, 3.8) is 0 Å². The van der Waals surface area contributed by atoms with Crippen LogP contribution in [0.1, 0.15) is 5.56 Å². The monoisotopic (exact) mass is 266 g/mol. The molecule has 1 aromatic carbocycles. The fourth-order valence-electron chi connectivity index (χ4n) is 1.48. The minimum Gasteiger partial charge on any atom is -0.368 e. The molecular formula is C11H11ClN4O2. The van der Waals surface area contributed by atoms with E-state index in [2.05, 4.69) is 0 Å². The van der Waals surface area contributed by atoms with Crippen molar-refractivity contribution in [2.45, 2.75) is 0 Å². The first-order chi connectivity index (χ1) is 8.43. The van der Waals surface area contributed by atoms with Crippen LogP contribution in [0.4, 0.5) is 5.69 Å². The van der Waals surface area contributed by atoms with Gasteiger partial charge < -0.3 is 16.4 Å². The maximum absolute atomic E-state index is 11.0. The Bertz CT molecular complexity index is 508. The van der Waals surface area contributed by atoms with E-state index >= 15 is 0 Å². The molecule has 0 heterocycles. The molecule has 6 nitrogen and oxygen atoms in total. The quantitative estimate of drug-likeness (QED) is 0.780. The Labute approximate surface area is 109 Å². The van der Waals surface area contributed by atoms with Crippen LogP contribution in [0.25, 0.3) is 0 Å². The number of anilines is 1. The highest BCUT2D eigenvalue weighted by molar-refractivity contribution is 6.30. The second-order valence-electron chi connectivity index (χ2n) is 3.56. The number of rotatable bonds is 5. The number of hydrogen-bond donors (Lipinski definition) is 2. The van der Waals surface area contributed by atoms with Gasteiger partial charge in [-0.15, -0.1) is 0 Å². The molecule has 7 heteroatoms. The predicted molar refractivity (Wildman–Crippen MR) is 66.8 cm³/mol. The summed E-state index contributed by atoms with van der Waals surface area (Å²) in [7, 11) is 0. The van der Waals surface area contributed by atoms with Crippen LogP contribution in [0.3, 0.4) is 0 Å². The van der Waals surface area contributed by atoms with Crippen molar-refractivity contribution in [3.05, 3.63) is 28.8 Å². The molecule has 0 bridgehead atoms. The zero-order valence-corrected chi connectivity index (χ0v) is 10.1. The van der Waals surface area contributed by atoms with Crippen LogP contribution in [-0.2, 0) is 9.59 Å². The van der Waals surface area contributed by atoms with Crippen LogP contribution >= 0.6 is 11.6 Å². The topological polar surface area (TPSA) is 113 Å². The molecule has 0 fully saturated rings. The van der Waals surface area contributed by atoms with E-state index in [-0.39, 0.29) is 18.7 Å². The Morgan fingerprint density at radius 3 is 2.28 bits per heavy atom. The first-order valence-corrected chi connectivity index (χ1v) is 5.33. The van der Waals surface area contributed by atoms with Gasteiger partial charge in [0.05, 0.1) is 24.3 Å². The highest BCUT2D eigenvalue weighted by Crippen LogP contribution is 2.23. The van der Waals surface area contributed by atoms with Gasteiger partial charge in [-0.2, -0.15) is 5.26 Å². The van der Waals surface area contributed by atoms with Gasteiger partial charge in [-0.1, -0.05) is 11.6 Å². The number of nitrogens with zero attached hydrogens (tertiary/aromatic N) is 2. The molecule has 0 unspecified atom stereocenters. The van der Waals surface area contributed by atoms with Crippen LogP contribution < -0.4 is 16.4 Å². The summed E-state index contributed by atoms with van der Waals surface area (Å²) < 4.78 is 0. The molecule has 1 rings (SSSR count). The average Bonchev–Trinajstić information content (AvgIpc) is 2.26. The Balaban J connectivity index is 3.15. The van der Waals surface area contributed by atoms with Gasteiger partial charge in [-0.3, -0.25) is 9.59 Å². The molecule has 2 amide bonds. The van der Waals surface area contributed by atoms with Crippen molar-refractivity contribution < 1.29 is 9.59 Å². The van der Waals surface area contributed by atoms with E-state index in [0.717, 1.165) is 0 Å². The maximum atomic E-state index is 11.0. The lowest BCUT2D eigenvalue weighted by Crippen LogP contribution is -2.40. The van der Waals surface area contributed by atoms with Crippen molar-refractivity contribution in [2.75, 3.05) is 18.0 Å². The lowest BCUT2D eigenvalue weighted by atomic mass is 10.1. The minimum atomic E-state index is -0.630. The number of hydrogen-bond acceptors (Lipinski definition) is 4. The van der Waals surface area contributed by atoms with Crippen molar-refractivity contribution in [1.82, 2.24) is 0 Å². The Hall–Kier alpha value is -2.26. The highest BCUT2D eigenvalue weighted by Gasteiger charge is 2.15. The highest BCUT2D eigenvalue weighted by atomic mass is 35.5. The lowest BCUT2D eigenvalue weighted by Gasteiger charge is -2.22. The largest absolute Gasteiger partial charge is 0.368 e. The first kappa shape index (κ1) is 13.8. The number of amides is 2. The SMILES string of the molecule is N#Cc1cc(Cl)ccc1N(CC(N)=O)CC(N)=O. The number of carbonyl (C=O) groups is 2. The summed E-state index contributed by atoms with van der Waals surface area (Å²) >= 11 is 5.76. The molecule has 18 heavy (non-hydrogen) atoms. The third-order valence-electron chi connectivity index (χ3n) is 2.11. The fourth-order valence-corrected chi connectivity index (χ4v) is 1.65. The average molecular weight is 267 g/mol. The molecule has 0 aliphatic heterocycles. The molecule has 0 aliphatic rings. The van der Waals surface area contributed by atoms with Crippen LogP contribution in [0, 0.1) is 11.3 Å². The summed E-state index contributed by atoms with van der Waals surface area (Å²) in [6.45, 7) is -0.418. The van der Waals surface area contributed by atoms with Crippen molar-refractivity contribution in [3.8, 4) is 6.07 Å². The fraction of sp³-hybridized carbons (Fsp3) is 0.182. The molecule has 0 aliphatic carbocycles. The van der Waals surface area contributed by atoms with E-state index in [0.29, 0.717) is 10.7 Å². The van der Waals surface area contributed by atoms with E-state index in [9.17, 15) is 9.59 Å². The lowest BCUT2D eigenvalue weighted by molar-refractivity contribution is -0.117. The molecule has 4 N–H and O–H groups in total. The number of primary amides is 2. The number of halogens is 1. The molecule has 0 atom stereocenters. The molecule has 0 saturated carbocycles. The van der Waals surface area contributed by atoms with Gasteiger partial charge >= 0.3 is 0 Å². The van der Waals surface area contributed by atoms with Crippen molar-refractivity contribution in [2.24, 2.45) is 11.5 Å². The van der Waals surface area contributed by atoms with Crippen molar-refractivity contribution >= 4 is 29.1 Å². The number of nitriles is 1. The number of benzene rings is 1. The van der Waals surface area contributed by atoms with E-state index in [4.69, 9.17) is 28.3 Å². The molecule has 0 saturated heterocycles. The Kier molecular flexibility index (Phi) is 4.52. The van der Waals surface area contributed by atoms with E-state index in [1.165, 1.54) is 17.0 Å². The van der Waals surface area contributed by atoms with Gasteiger partial charge in [0, 0.05) is 5.02 Å². The van der Waals surface area contributed by atoms with Gasteiger partial charge in [0.1, 0.15) is 6.07 Å². The van der Waals surface area contributed by atoms with E-state index in [1.54, 1.807) is 6.07 Å². The number of nitrogens with two attached hydrogens (primary N) is 2. The normalized spacial score (nSPS) is 9.56. The number of carbonyl (C=O) groups excluding carboxylic acids is 2. The van der Waals surface area contributed by atoms with Crippen LogP contribution in [0.5, 0.6) is 0 Å². The maximum Gasteiger partial charge on any atom is 0.236 e. The standard InChI is InChI=1S/C11H11ClN4O2/c12-8-1-2-9(7(3-8)4-13)16(5-10(14)17)6-11(15)18/h1-3H,5-6H2,(H2,14,17)(H2,15,18). The summed E-state index contributed by atoms with van der Waals surface area (Å²) in [5, 5.41) is 9.38. The van der Waals surface area contributed by atoms with Crippen LogP contribution in [0.15, 0.2) is 18.2 Å². The summed E-state index contributed by atoms with van der Waals surface area (Å²) in [4.78, 5) is 23.2. The van der Waals surface area contributed by atoms with Crippen molar-refractivity contribution in [1.29, 1.82) is 5.26 Å². The summed E-state index contributed by atoms with van der Waals surface area (Å²) in [6, 6.07) is 6.45. The minimum absolute atomic E-state index is 0.209. The molecule has 1 aromatic rings. The third-order valence-corrected chi connectivity index (χ3v) is 2.35. The molecule has 94 valence electrons. The van der Waals surface area contributed by atoms with Gasteiger partial charge in [-0.25, -0.2) is 0 Å². The van der Waals surface area contributed by atoms with Gasteiger partial charge in [0.2, 0.25) is 11.8 Å². The van der Waals surface area contributed by atoms with Crippen LogP contribution in [-0.4, -0.2) is 24.9 Å².